The number of hydrogen-bond acceptors (Lipinski definition) is 4. The molecule has 0 bridgehead atoms. The van der Waals surface area contributed by atoms with Gasteiger partial charge >= 0.3 is 0 Å². The summed E-state index contributed by atoms with van der Waals surface area (Å²) in [6.07, 6.45) is 4.26. The van der Waals surface area contributed by atoms with Crippen LogP contribution >= 0.6 is 0 Å². The highest BCUT2D eigenvalue weighted by Gasteiger charge is 2.23. The molecule has 0 atom stereocenters. The van der Waals surface area contributed by atoms with E-state index in [0.29, 0.717) is 13.0 Å². The molecule has 0 aliphatic carbocycles. The van der Waals surface area contributed by atoms with Crippen LogP contribution in [0.1, 0.15) is 31.2 Å². The molecule has 170 valence electrons. The Kier molecular flexibility index (Phi) is 6.58. The Hall–Kier alpha value is -3.31. The van der Waals surface area contributed by atoms with Gasteiger partial charge in [-0.25, -0.2) is 0 Å². The molecule has 0 spiro atoms. The third-order valence-corrected chi connectivity index (χ3v) is 6.48. The van der Waals surface area contributed by atoms with Gasteiger partial charge in [0.05, 0.1) is 6.54 Å². The highest BCUT2D eigenvalue weighted by Crippen LogP contribution is 2.37. The molecule has 5 rings (SSSR count). The Balaban J connectivity index is 1.38. The van der Waals surface area contributed by atoms with Gasteiger partial charge in [-0.05, 0) is 55.3 Å². The number of nitrogens with zero attached hydrogens (tertiary/aromatic N) is 2. The summed E-state index contributed by atoms with van der Waals surface area (Å²) in [7, 11) is 0. The van der Waals surface area contributed by atoms with E-state index in [0.717, 1.165) is 47.9 Å². The molecule has 0 aromatic heterocycles. The minimum atomic E-state index is 0.129. The largest absolute Gasteiger partial charge is 0.454 e. The molecule has 1 saturated heterocycles. The topological polar surface area (TPSA) is 42.0 Å². The lowest BCUT2D eigenvalue weighted by atomic mass is 10.0. The molecular formula is C28H30N2O3. The Bertz CT molecular complexity index is 1080. The number of ether oxygens (including phenoxy) is 2. The van der Waals surface area contributed by atoms with Crippen molar-refractivity contribution in [2.45, 2.75) is 32.2 Å². The summed E-state index contributed by atoms with van der Waals surface area (Å²) < 4.78 is 11.3. The van der Waals surface area contributed by atoms with E-state index in [1.807, 2.05) is 53.4 Å². The number of fused-ring (bicyclic) bond motifs is 1. The fraction of sp³-hybridized carbons (Fsp3) is 0.321. The molecule has 0 N–H and O–H groups in total. The monoisotopic (exact) mass is 442 g/mol. The van der Waals surface area contributed by atoms with Gasteiger partial charge in [-0.15, -0.1) is 0 Å². The fourth-order valence-corrected chi connectivity index (χ4v) is 4.65. The molecule has 3 aromatic carbocycles. The van der Waals surface area contributed by atoms with E-state index in [-0.39, 0.29) is 12.7 Å². The summed E-state index contributed by atoms with van der Waals surface area (Å²) in [6.45, 7) is 3.67. The zero-order chi connectivity index (χ0) is 22.5. The highest BCUT2D eigenvalue weighted by molar-refractivity contribution is 5.93. The van der Waals surface area contributed by atoms with Gasteiger partial charge in [-0.1, -0.05) is 61.0 Å². The Morgan fingerprint density at radius 3 is 2.36 bits per heavy atom. The first kappa shape index (κ1) is 21.5. The van der Waals surface area contributed by atoms with Crippen molar-refractivity contribution < 1.29 is 14.3 Å². The lowest BCUT2D eigenvalue weighted by Gasteiger charge is -2.28. The maximum Gasteiger partial charge on any atom is 0.231 e. The first-order valence-electron chi connectivity index (χ1n) is 11.8. The zero-order valence-corrected chi connectivity index (χ0v) is 18.9. The van der Waals surface area contributed by atoms with Crippen LogP contribution in [-0.4, -0.2) is 37.2 Å². The number of benzene rings is 3. The number of rotatable bonds is 7. The quantitative estimate of drug-likeness (QED) is 0.485. The van der Waals surface area contributed by atoms with E-state index < -0.39 is 0 Å². The number of piperidine rings is 1. The predicted molar refractivity (Wildman–Crippen MR) is 131 cm³/mol. The summed E-state index contributed by atoms with van der Waals surface area (Å²) in [6, 6.07) is 24.4. The average molecular weight is 443 g/mol. The Morgan fingerprint density at radius 1 is 0.818 bits per heavy atom. The smallest absolute Gasteiger partial charge is 0.231 e. The third kappa shape index (κ3) is 5.04. The van der Waals surface area contributed by atoms with E-state index in [1.165, 1.54) is 24.8 Å². The lowest BCUT2D eigenvalue weighted by molar-refractivity contribution is -0.119. The predicted octanol–water partition coefficient (Wildman–Crippen LogP) is 5.49. The average Bonchev–Trinajstić information content (AvgIpc) is 3.37. The molecule has 2 aliphatic rings. The number of para-hydroxylation sites is 1. The van der Waals surface area contributed by atoms with E-state index >= 15 is 0 Å². The first-order valence-corrected chi connectivity index (χ1v) is 11.8. The second-order valence-electron chi connectivity index (χ2n) is 8.70. The van der Waals surface area contributed by atoms with Crippen molar-refractivity contribution >= 4 is 11.6 Å². The summed E-state index contributed by atoms with van der Waals surface area (Å²) in [5, 5.41) is 0. The third-order valence-electron chi connectivity index (χ3n) is 6.48. The van der Waals surface area contributed by atoms with Crippen molar-refractivity contribution in [2.75, 3.05) is 31.3 Å². The number of hydrogen-bond donors (Lipinski definition) is 0. The van der Waals surface area contributed by atoms with E-state index in [4.69, 9.17) is 9.47 Å². The number of carbonyl (C=O) groups excluding carboxylic acids is 1. The van der Waals surface area contributed by atoms with E-state index in [2.05, 4.69) is 29.2 Å². The Morgan fingerprint density at radius 2 is 1.58 bits per heavy atom. The molecule has 0 radical (unpaired) electrons. The van der Waals surface area contributed by atoms with Crippen molar-refractivity contribution in [2.24, 2.45) is 0 Å². The second-order valence-corrected chi connectivity index (χ2v) is 8.70. The Labute approximate surface area is 195 Å². The molecule has 0 saturated carbocycles. The van der Waals surface area contributed by atoms with Crippen molar-refractivity contribution in [3.05, 3.63) is 78.4 Å². The number of amides is 1. The van der Waals surface area contributed by atoms with Gasteiger partial charge in [0.15, 0.2) is 11.5 Å². The van der Waals surface area contributed by atoms with Crippen molar-refractivity contribution in [1.82, 2.24) is 4.90 Å². The highest BCUT2D eigenvalue weighted by atomic mass is 16.7. The minimum Gasteiger partial charge on any atom is -0.454 e. The van der Waals surface area contributed by atoms with Gasteiger partial charge in [0.1, 0.15) is 0 Å². The number of likely N-dealkylation sites (tertiary alicyclic amines) is 1. The van der Waals surface area contributed by atoms with E-state index in [1.54, 1.807) is 0 Å². The molecule has 2 aliphatic heterocycles. The molecule has 0 unspecified atom stereocenters. The normalized spacial score (nSPS) is 15.4. The van der Waals surface area contributed by atoms with Gasteiger partial charge in [-0.2, -0.15) is 0 Å². The van der Waals surface area contributed by atoms with Crippen LogP contribution < -0.4 is 14.4 Å². The summed E-state index contributed by atoms with van der Waals surface area (Å²) in [4.78, 5) is 17.8. The number of anilines is 1. The lowest BCUT2D eigenvalue weighted by Crippen LogP contribution is -2.36. The molecule has 2 heterocycles. The molecular weight excluding hydrogens is 412 g/mol. The molecule has 5 heteroatoms. The molecule has 1 fully saturated rings. The SMILES string of the molecule is O=C(CCN1CCCCC1)N(Cc1cccc2c1OCO2)c1ccc(-c2ccccc2)cc1. The van der Waals surface area contributed by atoms with Gasteiger partial charge in [0.2, 0.25) is 12.7 Å². The zero-order valence-electron chi connectivity index (χ0n) is 18.9. The van der Waals surface area contributed by atoms with Crippen LogP contribution in [0.2, 0.25) is 0 Å². The van der Waals surface area contributed by atoms with Crippen LogP contribution in [0.3, 0.4) is 0 Å². The maximum atomic E-state index is 13.5. The van der Waals surface area contributed by atoms with Crippen molar-refractivity contribution in [3.8, 4) is 22.6 Å². The molecule has 3 aromatic rings. The number of carbonyl (C=O) groups is 1. The molecule has 33 heavy (non-hydrogen) atoms. The van der Waals surface area contributed by atoms with Gasteiger partial charge in [0, 0.05) is 24.2 Å². The summed E-state index contributed by atoms with van der Waals surface area (Å²) >= 11 is 0. The standard InChI is InChI=1S/C28H30N2O3/c31-27(16-19-29-17-5-2-6-18-29)30(20-24-10-7-11-26-28(24)33-21-32-26)25-14-12-23(13-15-25)22-8-3-1-4-9-22/h1,3-4,7-15H,2,5-6,16-21H2. The van der Waals surface area contributed by atoms with Crippen LogP contribution in [0.4, 0.5) is 5.69 Å². The van der Waals surface area contributed by atoms with Crippen LogP contribution in [-0.2, 0) is 11.3 Å². The fourth-order valence-electron chi connectivity index (χ4n) is 4.65. The second kappa shape index (κ2) is 10.1. The van der Waals surface area contributed by atoms with Crippen molar-refractivity contribution in [3.63, 3.8) is 0 Å². The van der Waals surface area contributed by atoms with Crippen LogP contribution in [0.5, 0.6) is 11.5 Å². The van der Waals surface area contributed by atoms with Crippen LogP contribution in [0, 0.1) is 0 Å². The molecule has 1 amide bonds. The minimum absolute atomic E-state index is 0.129. The maximum absolute atomic E-state index is 13.5. The summed E-state index contributed by atoms with van der Waals surface area (Å²) in [5.41, 5.74) is 4.16. The first-order chi connectivity index (χ1) is 16.3. The summed E-state index contributed by atoms with van der Waals surface area (Å²) in [5.74, 6) is 1.62. The van der Waals surface area contributed by atoms with Gasteiger partial charge < -0.3 is 19.3 Å². The van der Waals surface area contributed by atoms with Gasteiger partial charge in [-0.3, -0.25) is 4.79 Å². The van der Waals surface area contributed by atoms with E-state index in [9.17, 15) is 4.79 Å². The van der Waals surface area contributed by atoms with Crippen molar-refractivity contribution in [1.29, 1.82) is 0 Å². The molecule has 5 nitrogen and oxygen atoms in total. The van der Waals surface area contributed by atoms with Crippen LogP contribution in [0.15, 0.2) is 72.8 Å². The van der Waals surface area contributed by atoms with Crippen LogP contribution in [0.25, 0.3) is 11.1 Å². The van der Waals surface area contributed by atoms with Gasteiger partial charge in [0.25, 0.3) is 0 Å².